The van der Waals surface area contributed by atoms with Gasteiger partial charge in [-0.1, -0.05) is 73.9 Å². The molecule has 0 amide bonds. The molecule has 0 bridgehead atoms. The largest absolute Gasteiger partial charge is 0.236 e. The smallest absolute Gasteiger partial charge is 0.211 e. The molecular weight excluding hydrogens is 465 g/mol. The summed E-state index contributed by atoms with van der Waals surface area (Å²) in [6, 6.07) is 5.21. The van der Waals surface area contributed by atoms with Crippen molar-refractivity contribution in [3.8, 4) is 6.07 Å². The van der Waals surface area contributed by atoms with Gasteiger partial charge in [0.15, 0.2) is 0 Å². The highest BCUT2D eigenvalue weighted by molar-refractivity contribution is 9.10. The fourth-order valence-electron chi connectivity index (χ4n) is 1.99. The molecule has 2 aromatic carbocycles. The second-order valence-electron chi connectivity index (χ2n) is 4.39. The Morgan fingerprint density at radius 3 is 2.04 bits per heavy atom. The van der Waals surface area contributed by atoms with E-state index in [0.29, 0.717) is 21.2 Å². The number of rotatable bonds is 2. The molecule has 0 atom stereocenters. The molecule has 0 saturated carbocycles. The average molecular weight is 469 g/mol. The summed E-state index contributed by atoms with van der Waals surface area (Å²) in [5, 5.41) is 10.0. The van der Waals surface area contributed by atoms with E-state index in [1.165, 1.54) is 0 Å². The number of hydrogen-bond acceptors (Lipinski definition) is 1. The van der Waals surface area contributed by atoms with Gasteiger partial charge in [-0.25, -0.2) is 4.85 Å². The zero-order valence-corrected chi connectivity index (χ0v) is 16.4. The van der Waals surface area contributed by atoms with E-state index in [0.717, 1.165) is 4.47 Å². The lowest BCUT2D eigenvalue weighted by molar-refractivity contribution is 1.20. The molecule has 0 aliphatic carbocycles. The van der Waals surface area contributed by atoms with Crippen molar-refractivity contribution in [1.82, 2.24) is 0 Å². The lowest BCUT2D eigenvalue weighted by Gasteiger charge is -2.14. The maximum atomic E-state index is 9.12. The Morgan fingerprint density at radius 2 is 1.57 bits per heavy atom. The Bertz CT molecular complexity index is 873. The second kappa shape index (κ2) is 7.49. The lowest BCUT2D eigenvalue weighted by atomic mass is 10.0. The van der Waals surface area contributed by atoms with E-state index < -0.39 is 0 Å². The van der Waals surface area contributed by atoms with Gasteiger partial charge in [0.1, 0.15) is 6.07 Å². The highest BCUT2D eigenvalue weighted by atomic mass is 79.9. The van der Waals surface area contributed by atoms with Gasteiger partial charge in [0.2, 0.25) is 5.69 Å². The van der Waals surface area contributed by atoms with Gasteiger partial charge >= 0.3 is 0 Å². The second-order valence-corrected chi connectivity index (χ2v) is 7.26. The number of nitrogens with zero attached hydrogens (tertiary/aromatic N) is 2. The van der Waals surface area contributed by atoms with Crippen molar-refractivity contribution in [3.05, 3.63) is 69.8 Å². The third-order valence-corrected chi connectivity index (χ3v) is 5.47. The zero-order chi connectivity index (χ0) is 17.3. The van der Waals surface area contributed by atoms with E-state index in [1.807, 2.05) is 6.07 Å². The molecule has 0 spiro atoms. The van der Waals surface area contributed by atoms with Crippen LogP contribution in [0.2, 0.25) is 25.1 Å². The van der Waals surface area contributed by atoms with Crippen LogP contribution in [0.25, 0.3) is 4.85 Å². The monoisotopic (exact) mass is 466 g/mol. The van der Waals surface area contributed by atoms with Gasteiger partial charge in [-0.05, 0) is 29.7 Å². The van der Waals surface area contributed by atoms with Gasteiger partial charge < -0.3 is 0 Å². The SMILES string of the molecule is [C-]#[N+]c1c(Cl)c(C#N)c(Cl)c(Cl)c1Cc1c(Cl)cc(Br)cc1Cl. The van der Waals surface area contributed by atoms with Crippen molar-refractivity contribution in [2.45, 2.75) is 6.42 Å². The predicted octanol–water partition coefficient (Wildman–Crippen LogP) is 7.73. The fraction of sp³-hybridized carbons (Fsp3) is 0.0667. The van der Waals surface area contributed by atoms with E-state index >= 15 is 0 Å². The van der Waals surface area contributed by atoms with Crippen LogP contribution in [-0.4, -0.2) is 0 Å². The van der Waals surface area contributed by atoms with Crippen molar-refractivity contribution in [2.75, 3.05) is 0 Å². The van der Waals surface area contributed by atoms with Gasteiger partial charge in [0.25, 0.3) is 0 Å². The molecule has 116 valence electrons. The Balaban J connectivity index is 2.72. The quantitative estimate of drug-likeness (QED) is 0.327. The summed E-state index contributed by atoms with van der Waals surface area (Å²) in [5.41, 5.74) is 0.996. The first kappa shape index (κ1) is 18.7. The molecule has 0 aliphatic rings. The molecule has 0 aromatic heterocycles. The minimum atomic E-state index is -0.0312. The van der Waals surface area contributed by atoms with Crippen LogP contribution in [0, 0.1) is 17.9 Å². The molecule has 0 saturated heterocycles. The molecule has 8 heteroatoms. The van der Waals surface area contributed by atoms with Crippen LogP contribution >= 0.6 is 73.9 Å². The van der Waals surface area contributed by atoms with E-state index in [1.54, 1.807) is 12.1 Å². The number of hydrogen-bond donors (Lipinski definition) is 0. The van der Waals surface area contributed by atoms with Crippen LogP contribution in [0.4, 0.5) is 5.69 Å². The van der Waals surface area contributed by atoms with Crippen molar-refractivity contribution in [3.63, 3.8) is 0 Å². The molecule has 2 aromatic rings. The third-order valence-electron chi connectivity index (χ3n) is 3.07. The van der Waals surface area contributed by atoms with E-state index in [9.17, 15) is 0 Å². The van der Waals surface area contributed by atoms with Crippen molar-refractivity contribution >= 4 is 79.6 Å². The topological polar surface area (TPSA) is 28.1 Å². The van der Waals surface area contributed by atoms with E-state index in [-0.39, 0.29) is 32.7 Å². The Labute approximate surface area is 166 Å². The highest BCUT2D eigenvalue weighted by Crippen LogP contribution is 2.45. The van der Waals surface area contributed by atoms with E-state index in [2.05, 4.69) is 20.8 Å². The maximum Gasteiger partial charge on any atom is 0.211 e. The average Bonchev–Trinajstić information content (AvgIpc) is 2.48. The Kier molecular flexibility index (Phi) is 6.09. The molecular formula is C15H4BrCl5N2. The Morgan fingerprint density at radius 1 is 1.00 bits per heavy atom. The van der Waals surface area contributed by atoms with Crippen molar-refractivity contribution in [1.29, 1.82) is 5.26 Å². The summed E-state index contributed by atoms with van der Waals surface area (Å²) in [6.07, 6.45) is 0.159. The van der Waals surface area contributed by atoms with Crippen LogP contribution in [0.5, 0.6) is 0 Å². The predicted molar refractivity (Wildman–Crippen MR) is 99.4 cm³/mol. The van der Waals surface area contributed by atoms with Gasteiger partial charge in [-0.3, -0.25) is 0 Å². The fourth-order valence-corrected chi connectivity index (χ4v) is 4.17. The zero-order valence-electron chi connectivity index (χ0n) is 11.0. The van der Waals surface area contributed by atoms with Gasteiger partial charge in [-0.15, -0.1) is 0 Å². The maximum absolute atomic E-state index is 9.12. The molecule has 0 heterocycles. The summed E-state index contributed by atoms with van der Waals surface area (Å²) in [7, 11) is 0. The standard InChI is InChI=1S/C15H4BrCl5N2/c1-23-15-8(12(19)13(20)9(5-22)14(15)21)4-7-10(17)2-6(16)3-11(7)18/h2-3H,4H2. The highest BCUT2D eigenvalue weighted by Gasteiger charge is 2.23. The number of nitriles is 1. The van der Waals surface area contributed by atoms with Crippen LogP contribution < -0.4 is 0 Å². The number of halogens is 6. The molecule has 2 rings (SSSR count). The lowest BCUT2D eigenvalue weighted by Crippen LogP contribution is -1.96. The number of benzene rings is 2. The first-order valence-corrected chi connectivity index (χ1v) is 8.60. The summed E-state index contributed by atoms with van der Waals surface area (Å²) in [6.45, 7) is 7.33. The van der Waals surface area contributed by atoms with Crippen LogP contribution in [0.15, 0.2) is 16.6 Å². The minimum absolute atomic E-state index is 0.00548. The molecule has 0 fully saturated rings. The molecule has 0 radical (unpaired) electrons. The van der Waals surface area contributed by atoms with Gasteiger partial charge in [-0.2, -0.15) is 5.26 Å². The Hall–Kier alpha value is -0.650. The van der Waals surface area contributed by atoms with E-state index in [4.69, 9.17) is 69.8 Å². The molecule has 0 unspecified atom stereocenters. The van der Waals surface area contributed by atoms with Crippen LogP contribution in [-0.2, 0) is 6.42 Å². The third kappa shape index (κ3) is 3.57. The summed E-state index contributed by atoms with van der Waals surface area (Å²) in [4.78, 5) is 3.38. The summed E-state index contributed by atoms with van der Waals surface area (Å²) >= 11 is 34.2. The summed E-state index contributed by atoms with van der Waals surface area (Å²) in [5.74, 6) is 0. The molecule has 0 N–H and O–H groups in total. The molecule has 23 heavy (non-hydrogen) atoms. The molecule has 2 nitrogen and oxygen atoms in total. The van der Waals surface area contributed by atoms with Crippen LogP contribution in [0.3, 0.4) is 0 Å². The van der Waals surface area contributed by atoms with Crippen molar-refractivity contribution in [2.24, 2.45) is 0 Å². The van der Waals surface area contributed by atoms with Crippen LogP contribution in [0.1, 0.15) is 16.7 Å². The first-order chi connectivity index (χ1) is 10.8. The van der Waals surface area contributed by atoms with Gasteiger partial charge in [0, 0.05) is 14.5 Å². The minimum Gasteiger partial charge on any atom is -0.236 e. The van der Waals surface area contributed by atoms with Gasteiger partial charge in [0.05, 0.1) is 27.2 Å². The van der Waals surface area contributed by atoms with Crippen molar-refractivity contribution < 1.29 is 0 Å². The normalized spacial score (nSPS) is 10.3. The molecule has 0 aliphatic heterocycles. The summed E-state index contributed by atoms with van der Waals surface area (Å²) < 4.78 is 0.726. The first-order valence-electron chi connectivity index (χ1n) is 5.92.